The molecular weight excluding hydrogens is 692 g/mol. The molecule has 54 heavy (non-hydrogen) atoms. The molecule has 298 valence electrons. The summed E-state index contributed by atoms with van der Waals surface area (Å²) >= 11 is 0. The van der Waals surface area contributed by atoms with E-state index in [1.807, 2.05) is 98.2 Å². The molecular formula is C40H60N6O8. The minimum Gasteiger partial charge on any atom is -0.388 e. The summed E-state index contributed by atoms with van der Waals surface area (Å²) in [4.78, 5) is 57.9. The van der Waals surface area contributed by atoms with Gasteiger partial charge in [0.05, 0.1) is 51.6 Å². The van der Waals surface area contributed by atoms with E-state index in [0.717, 1.165) is 11.1 Å². The number of carbonyl (C=O) groups is 4. The number of nitrogens with zero attached hydrogens (tertiary/aromatic N) is 2. The summed E-state index contributed by atoms with van der Waals surface area (Å²) < 4.78 is 10.8. The monoisotopic (exact) mass is 752 g/mol. The van der Waals surface area contributed by atoms with Gasteiger partial charge in [-0.15, -0.1) is 0 Å². The van der Waals surface area contributed by atoms with Crippen molar-refractivity contribution in [3.05, 3.63) is 71.8 Å². The van der Waals surface area contributed by atoms with E-state index in [4.69, 9.17) is 9.47 Å². The van der Waals surface area contributed by atoms with Gasteiger partial charge in [0.2, 0.25) is 23.6 Å². The van der Waals surface area contributed by atoms with Gasteiger partial charge < -0.3 is 41.0 Å². The van der Waals surface area contributed by atoms with Gasteiger partial charge in [0.15, 0.2) is 0 Å². The molecule has 2 aromatic carbocycles. The molecule has 0 aliphatic carbocycles. The van der Waals surface area contributed by atoms with Crippen LogP contribution in [0, 0.1) is 11.8 Å². The van der Waals surface area contributed by atoms with Crippen LogP contribution in [-0.4, -0.2) is 146 Å². The fourth-order valence-corrected chi connectivity index (χ4v) is 6.70. The zero-order chi connectivity index (χ0) is 39.0. The Morgan fingerprint density at radius 3 is 1.22 bits per heavy atom. The molecule has 0 spiro atoms. The molecule has 6 N–H and O–H groups in total. The molecule has 0 radical (unpaired) electrons. The average Bonchev–Trinajstić information content (AvgIpc) is 3.16. The number of hydrogen-bond acceptors (Lipinski definition) is 10. The maximum Gasteiger partial charge on any atom is 0.243 e. The first-order chi connectivity index (χ1) is 25.9. The Balaban J connectivity index is 1.53. The maximum absolute atomic E-state index is 13.9. The second-order valence-electron chi connectivity index (χ2n) is 14.9. The van der Waals surface area contributed by atoms with Gasteiger partial charge in [-0.3, -0.25) is 29.0 Å². The molecule has 2 fully saturated rings. The van der Waals surface area contributed by atoms with Crippen molar-refractivity contribution in [3.63, 3.8) is 0 Å². The minimum atomic E-state index is -1.55. The summed E-state index contributed by atoms with van der Waals surface area (Å²) in [5, 5.41) is 35.5. The fraction of sp³-hybridized carbons (Fsp3) is 0.600. The van der Waals surface area contributed by atoms with Crippen LogP contribution < -0.4 is 21.3 Å². The van der Waals surface area contributed by atoms with Crippen LogP contribution >= 0.6 is 0 Å². The highest BCUT2D eigenvalue weighted by molar-refractivity contribution is 5.89. The molecule has 2 aliphatic rings. The van der Waals surface area contributed by atoms with Crippen LogP contribution in [0.15, 0.2) is 60.7 Å². The van der Waals surface area contributed by atoms with Crippen LogP contribution in [0.5, 0.6) is 0 Å². The number of morpholine rings is 2. The largest absolute Gasteiger partial charge is 0.388 e. The minimum absolute atomic E-state index is 0.126. The quantitative estimate of drug-likeness (QED) is 0.115. The van der Waals surface area contributed by atoms with Gasteiger partial charge in [-0.05, 0) is 35.8 Å². The predicted octanol–water partition coefficient (Wildman–Crippen LogP) is 0.109. The summed E-state index contributed by atoms with van der Waals surface area (Å²) in [6.45, 7) is 12.2. The number of hydrogen-bond donors (Lipinski definition) is 6. The van der Waals surface area contributed by atoms with Gasteiger partial charge in [0.25, 0.3) is 0 Å². The van der Waals surface area contributed by atoms with Crippen molar-refractivity contribution in [1.82, 2.24) is 31.1 Å². The number of rotatable bonds is 19. The third kappa shape index (κ3) is 13.7. The van der Waals surface area contributed by atoms with Gasteiger partial charge in [0.1, 0.15) is 24.3 Å². The Morgan fingerprint density at radius 2 is 0.907 bits per heavy atom. The molecule has 2 saturated heterocycles. The van der Waals surface area contributed by atoms with Crippen LogP contribution in [0.3, 0.4) is 0 Å². The first-order valence-electron chi connectivity index (χ1n) is 19.1. The first kappa shape index (κ1) is 42.8. The average molecular weight is 753 g/mol. The van der Waals surface area contributed by atoms with E-state index in [9.17, 15) is 29.4 Å². The number of nitrogens with one attached hydrogen (secondary N) is 4. The summed E-state index contributed by atoms with van der Waals surface area (Å²) in [5.41, 5.74) is 1.61. The fourth-order valence-electron chi connectivity index (χ4n) is 6.70. The van der Waals surface area contributed by atoms with Crippen LogP contribution in [-0.2, 0) is 41.5 Å². The van der Waals surface area contributed by atoms with Gasteiger partial charge in [0, 0.05) is 26.2 Å². The molecule has 0 aromatic heterocycles. The van der Waals surface area contributed by atoms with Crippen molar-refractivity contribution in [2.24, 2.45) is 11.8 Å². The number of aliphatic hydroxyl groups is 2. The van der Waals surface area contributed by atoms with Gasteiger partial charge in [-0.25, -0.2) is 0 Å². The molecule has 4 rings (SSSR count). The lowest BCUT2D eigenvalue weighted by molar-refractivity contribution is -0.133. The summed E-state index contributed by atoms with van der Waals surface area (Å²) in [6, 6.07) is 14.7. The third-order valence-corrected chi connectivity index (χ3v) is 9.90. The van der Waals surface area contributed by atoms with Crippen molar-refractivity contribution >= 4 is 23.6 Å². The molecule has 2 aliphatic heterocycles. The third-order valence-electron chi connectivity index (χ3n) is 9.90. The van der Waals surface area contributed by atoms with Gasteiger partial charge >= 0.3 is 0 Å². The molecule has 6 atom stereocenters. The number of ether oxygens (including phenoxy) is 2. The Morgan fingerprint density at radius 1 is 0.574 bits per heavy atom. The molecule has 2 aromatic rings. The van der Waals surface area contributed by atoms with Gasteiger partial charge in [-0.1, -0.05) is 88.4 Å². The molecule has 0 unspecified atom stereocenters. The summed E-state index contributed by atoms with van der Waals surface area (Å²) in [5.74, 6) is -2.16. The van der Waals surface area contributed by atoms with Crippen LogP contribution in [0.1, 0.15) is 38.8 Å². The van der Waals surface area contributed by atoms with Crippen LogP contribution in [0.25, 0.3) is 0 Å². The second-order valence-corrected chi connectivity index (χ2v) is 14.9. The smallest absolute Gasteiger partial charge is 0.243 e. The van der Waals surface area contributed by atoms with Crippen LogP contribution in [0.2, 0.25) is 0 Å². The first-order valence-corrected chi connectivity index (χ1v) is 19.1. The van der Waals surface area contributed by atoms with E-state index in [1.165, 1.54) is 0 Å². The highest BCUT2D eigenvalue weighted by atomic mass is 16.5. The van der Waals surface area contributed by atoms with E-state index < -0.39 is 48.2 Å². The molecule has 14 heteroatoms. The van der Waals surface area contributed by atoms with Crippen molar-refractivity contribution < 1.29 is 38.9 Å². The number of aliphatic hydroxyl groups excluding tert-OH is 2. The van der Waals surface area contributed by atoms with Gasteiger partial charge in [-0.2, -0.15) is 0 Å². The van der Waals surface area contributed by atoms with E-state index >= 15 is 0 Å². The predicted molar refractivity (Wildman–Crippen MR) is 204 cm³/mol. The molecule has 0 bridgehead atoms. The summed E-state index contributed by atoms with van der Waals surface area (Å²) in [7, 11) is 0. The lowest BCUT2D eigenvalue weighted by atomic mass is 9.90. The van der Waals surface area contributed by atoms with Crippen molar-refractivity contribution in [3.8, 4) is 0 Å². The van der Waals surface area contributed by atoms with E-state index in [0.29, 0.717) is 52.6 Å². The zero-order valence-corrected chi connectivity index (χ0v) is 32.1. The number of benzene rings is 2. The molecule has 0 saturated carbocycles. The second kappa shape index (κ2) is 21.8. The van der Waals surface area contributed by atoms with E-state index in [1.54, 1.807) is 0 Å². The van der Waals surface area contributed by atoms with Crippen molar-refractivity contribution in [1.29, 1.82) is 0 Å². The molecule has 4 amide bonds. The zero-order valence-electron chi connectivity index (χ0n) is 32.1. The van der Waals surface area contributed by atoms with E-state index in [2.05, 4.69) is 21.3 Å². The van der Waals surface area contributed by atoms with Crippen molar-refractivity contribution in [2.75, 3.05) is 65.7 Å². The summed E-state index contributed by atoms with van der Waals surface area (Å²) in [6.07, 6.45) is -2.77. The Bertz CT molecular complexity index is 1340. The maximum atomic E-state index is 13.9. The molecule has 2 heterocycles. The van der Waals surface area contributed by atoms with E-state index in [-0.39, 0.29) is 49.6 Å². The number of amides is 4. The highest BCUT2D eigenvalue weighted by Crippen LogP contribution is 2.17. The number of carbonyl (C=O) groups excluding carboxylic acids is 4. The lowest BCUT2D eigenvalue weighted by Gasteiger charge is -2.35. The Labute approximate surface area is 319 Å². The Hall–Kier alpha value is -3.92. The molecule has 14 nitrogen and oxygen atoms in total. The topological polar surface area (TPSA) is 182 Å². The lowest BCUT2D eigenvalue weighted by Crippen LogP contribution is -2.62. The van der Waals surface area contributed by atoms with Crippen molar-refractivity contribution in [2.45, 2.75) is 76.9 Å². The SMILES string of the molecule is CC(C)[C@H](NC(=O)CN1CCOCC1)C(=O)N[C@@H](Cc1ccccc1)[C@@H](O)[C@@H](O)[C@H](Cc1ccccc1)NC(=O)[C@H](NC(=O)CN1CCOCC1)C(C)C. The standard InChI is InChI=1S/C40H60N6O8/c1-27(2)35(43-33(47)25-45-15-19-53-20-16-45)39(51)41-31(23-29-11-7-5-8-12-29)37(49)38(50)32(24-30-13-9-6-10-14-30)42-40(52)36(28(3)4)44-34(48)26-46-17-21-54-22-18-46/h5-14,27-28,31-32,35-38,49-50H,15-26H2,1-4H3,(H,41,51)(H,42,52)(H,43,47)(H,44,48)/t31-,32-,35-,36+,37+,38-/m0/s1. The van der Waals surface area contributed by atoms with Crippen LogP contribution in [0.4, 0.5) is 0 Å². The Kier molecular flexibility index (Phi) is 17.3. The normalized spacial score (nSPS) is 18.9. The highest BCUT2D eigenvalue weighted by Gasteiger charge is 2.37.